The summed E-state index contributed by atoms with van der Waals surface area (Å²) in [5, 5.41) is 3.35. The third kappa shape index (κ3) is 2.24. The standard InChI is InChI=1S/C6H13BrN2/c1-9-3-2-6(4-9)8-5-7/h6,8H,2-5H2,1H3. The molecule has 0 bridgehead atoms. The summed E-state index contributed by atoms with van der Waals surface area (Å²) in [6, 6.07) is 0.717. The van der Waals surface area contributed by atoms with Crippen molar-refractivity contribution in [3.8, 4) is 0 Å². The summed E-state index contributed by atoms with van der Waals surface area (Å²) >= 11 is 3.35. The van der Waals surface area contributed by atoms with Crippen molar-refractivity contribution >= 4 is 15.9 Å². The van der Waals surface area contributed by atoms with Gasteiger partial charge < -0.3 is 10.2 Å². The van der Waals surface area contributed by atoms with Crippen LogP contribution in [-0.2, 0) is 0 Å². The number of likely N-dealkylation sites (N-methyl/N-ethyl adjacent to an activating group) is 1. The molecule has 0 spiro atoms. The second-order valence-corrected chi connectivity index (χ2v) is 3.15. The normalized spacial score (nSPS) is 29.3. The van der Waals surface area contributed by atoms with Gasteiger partial charge in [-0.05, 0) is 20.0 Å². The van der Waals surface area contributed by atoms with Gasteiger partial charge in [-0.25, -0.2) is 0 Å². The molecule has 1 heterocycles. The van der Waals surface area contributed by atoms with E-state index in [-0.39, 0.29) is 0 Å². The molecule has 1 atom stereocenters. The van der Waals surface area contributed by atoms with Gasteiger partial charge in [0.15, 0.2) is 0 Å². The molecule has 0 radical (unpaired) electrons. The summed E-state index contributed by atoms with van der Waals surface area (Å²) in [7, 11) is 2.16. The number of alkyl halides is 1. The topological polar surface area (TPSA) is 15.3 Å². The van der Waals surface area contributed by atoms with Crippen LogP contribution in [0.2, 0.25) is 0 Å². The molecule has 1 aliphatic rings. The zero-order valence-electron chi connectivity index (χ0n) is 5.73. The number of likely N-dealkylation sites (tertiary alicyclic amines) is 1. The van der Waals surface area contributed by atoms with E-state index < -0.39 is 0 Å². The number of rotatable bonds is 2. The number of halogens is 1. The van der Waals surface area contributed by atoms with E-state index in [9.17, 15) is 0 Å². The van der Waals surface area contributed by atoms with E-state index in [1.54, 1.807) is 0 Å². The van der Waals surface area contributed by atoms with Crippen molar-refractivity contribution in [2.75, 3.05) is 25.6 Å². The highest BCUT2D eigenvalue weighted by molar-refractivity contribution is 9.09. The highest BCUT2D eigenvalue weighted by Gasteiger charge is 2.17. The van der Waals surface area contributed by atoms with Gasteiger partial charge in [0.1, 0.15) is 0 Å². The summed E-state index contributed by atoms with van der Waals surface area (Å²) in [4.78, 5) is 2.35. The molecule has 0 aromatic carbocycles. The Balaban J connectivity index is 2.14. The average molecular weight is 193 g/mol. The lowest BCUT2D eigenvalue weighted by atomic mass is 10.3. The lowest BCUT2D eigenvalue weighted by Crippen LogP contribution is -2.30. The molecule has 1 unspecified atom stereocenters. The van der Waals surface area contributed by atoms with Crippen molar-refractivity contribution in [3.63, 3.8) is 0 Å². The molecular weight excluding hydrogens is 180 g/mol. The molecule has 9 heavy (non-hydrogen) atoms. The maximum Gasteiger partial charge on any atom is 0.0519 e. The Hall–Kier alpha value is 0.400. The monoisotopic (exact) mass is 192 g/mol. The molecule has 0 aromatic heterocycles. The molecule has 0 aromatic rings. The number of nitrogens with zero attached hydrogens (tertiary/aromatic N) is 1. The first-order valence-corrected chi connectivity index (χ1v) is 4.43. The molecule has 1 fully saturated rings. The van der Waals surface area contributed by atoms with Crippen LogP contribution in [0.5, 0.6) is 0 Å². The summed E-state index contributed by atoms with van der Waals surface area (Å²) < 4.78 is 0. The third-order valence-electron chi connectivity index (χ3n) is 1.76. The molecule has 0 aliphatic carbocycles. The molecule has 0 saturated carbocycles. The minimum absolute atomic E-state index is 0.717. The van der Waals surface area contributed by atoms with Crippen LogP contribution in [0.25, 0.3) is 0 Å². The first kappa shape index (κ1) is 7.51. The van der Waals surface area contributed by atoms with Crippen LogP contribution in [0.1, 0.15) is 6.42 Å². The van der Waals surface area contributed by atoms with Crippen LogP contribution >= 0.6 is 15.9 Å². The van der Waals surface area contributed by atoms with Gasteiger partial charge in [0.2, 0.25) is 0 Å². The summed E-state index contributed by atoms with van der Waals surface area (Å²) in [5.41, 5.74) is 0.922. The molecule has 1 N–H and O–H groups in total. The van der Waals surface area contributed by atoms with E-state index in [0.29, 0.717) is 0 Å². The second-order valence-electron chi connectivity index (χ2n) is 2.59. The molecule has 0 amide bonds. The van der Waals surface area contributed by atoms with Crippen LogP contribution in [0.15, 0.2) is 0 Å². The van der Waals surface area contributed by atoms with Gasteiger partial charge in [-0.1, -0.05) is 15.9 Å². The Morgan fingerprint density at radius 3 is 3.00 bits per heavy atom. The van der Waals surface area contributed by atoms with Gasteiger partial charge in [-0.2, -0.15) is 0 Å². The Morgan fingerprint density at radius 2 is 2.56 bits per heavy atom. The van der Waals surface area contributed by atoms with E-state index in [1.807, 2.05) is 0 Å². The summed E-state index contributed by atoms with van der Waals surface area (Å²) in [6.45, 7) is 2.44. The van der Waals surface area contributed by atoms with Crippen LogP contribution in [0.4, 0.5) is 0 Å². The molecular formula is C6H13BrN2. The van der Waals surface area contributed by atoms with E-state index in [0.717, 1.165) is 11.5 Å². The molecule has 1 aliphatic heterocycles. The maximum absolute atomic E-state index is 3.35. The fourth-order valence-electron chi connectivity index (χ4n) is 1.21. The Bertz CT molecular complexity index is 85.1. The first-order chi connectivity index (χ1) is 4.33. The zero-order valence-corrected chi connectivity index (χ0v) is 7.32. The van der Waals surface area contributed by atoms with Crippen molar-refractivity contribution < 1.29 is 0 Å². The Kier molecular flexibility index (Phi) is 2.95. The van der Waals surface area contributed by atoms with Gasteiger partial charge in [0.25, 0.3) is 0 Å². The highest BCUT2D eigenvalue weighted by Crippen LogP contribution is 2.05. The van der Waals surface area contributed by atoms with E-state index >= 15 is 0 Å². The average Bonchev–Trinajstić information content (AvgIpc) is 2.17. The lowest BCUT2D eigenvalue weighted by molar-refractivity contribution is 0.403. The van der Waals surface area contributed by atoms with Gasteiger partial charge in [-0.15, -0.1) is 0 Å². The second kappa shape index (κ2) is 3.54. The summed E-state index contributed by atoms with van der Waals surface area (Å²) in [5.74, 6) is 0. The minimum Gasteiger partial charge on any atom is -0.305 e. The van der Waals surface area contributed by atoms with Gasteiger partial charge in [0, 0.05) is 12.6 Å². The fraction of sp³-hybridized carbons (Fsp3) is 1.00. The zero-order chi connectivity index (χ0) is 6.69. The van der Waals surface area contributed by atoms with Crippen molar-refractivity contribution in [3.05, 3.63) is 0 Å². The van der Waals surface area contributed by atoms with Crippen LogP contribution in [-0.4, -0.2) is 36.5 Å². The van der Waals surface area contributed by atoms with Crippen molar-refractivity contribution in [2.24, 2.45) is 0 Å². The molecule has 1 saturated heterocycles. The molecule has 1 rings (SSSR count). The Morgan fingerprint density at radius 1 is 1.78 bits per heavy atom. The van der Waals surface area contributed by atoms with Crippen molar-refractivity contribution in [1.82, 2.24) is 10.2 Å². The SMILES string of the molecule is CN1CCC(NCBr)C1. The van der Waals surface area contributed by atoms with Crippen LogP contribution in [0.3, 0.4) is 0 Å². The third-order valence-corrected chi connectivity index (χ3v) is 2.08. The van der Waals surface area contributed by atoms with Gasteiger partial charge in [-0.3, -0.25) is 0 Å². The smallest absolute Gasteiger partial charge is 0.0519 e. The predicted molar refractivity (Wildman–Crippen MR) is 42.8 cm³/mol. The van der Waals surface area contributed by atoms with E-state index in [1.165, 1.54) is 19.5 Å². The summed E-state index contributed by atoms with van der Waals surface area (Å²) in [6.07, 6.45) is 1.29. The van der Waals surface area contributed by atoms with E-state index in [2.05, 4.69) is 33.2 Å². The van der Waals surface area contributed by atoms with Crippen LogP contribution in [0, 0.1) is 0 Å². The predicted octanol–water partition coefficient (Wildman–Crippen LogP) is 0.633. The molecule has 2 nitrogen and oxygen atoms in total. The quantitative estimate of drug-likeness (QED) is 0.511. The number of nitrogens with one attached hydrogen (secondary N) is 1. The largest absolute Gasteiger partial charge is 0.305 e. The van der Waals surface area contributed by atoms with Gasteiger partial charge >= 0.3 is 0 Å². The number of hydrogen-bond donors (Lipinski definition) is 1. The maximum atomic E-state index is 3.35. The lowest BCUT2D eigenvalue weighted by Gasteiger charge is -2.09. The first-order valence-electron chi connectivity index (χ1n) is 3.31. The van der Waals surface area contributed by atoms with Gasteiger partial charge in [0.05, 0.1) is 5.45 Å². The molecule has 54 valence electrons. The Labute approximate surface area is 64.7 Å². The highest BCUT2D eigenvalue weighted by atomic mass is 79.9. The fourth-order valence-corrected chi connectivity index (χ4v) is 1.67. The number of hydrogen-bond acceptors (Lipinski definition) is 2. The molecule has 3 heteroatoms. The van der Waals surface area contributed by atoms with Crippen LogP contribution < -0.4 is 5.32 Å². The van der Waals surface area contributed by atoms with Crippen molar-refractivity contribution in [2.45, 2.75) is 12.5 Å². The minimum atomic E-state index is 0.717. The van der Waals surface area contributed by atoms with Crippen molar-refractivity contribution in [1.29, 1.82) is 0 Å². The van der Waals surface area contributed by atoms with E-state index in [4.69, 9.17) is 0 Å².